The summed E-state index contributed by atoms with van der Waals surface area (Å²) in [6.07, 6.45) is 4.79. The highest BCUT2D eigenvalue weighted by Gasteiger charge is 2.30. The fourth-order valence-corrected chi connectivity index (χ4v) is 3.44. The summed E-state index contributed by atoms with van der Waals surface area (Å²) in [5, 5.41) is 0. The third-order valence-electron chi connectivity index (χ3n) is 5.27. The van der Waals surface area contributed by atoms with Crippen molar-refractivity contribution in [3.8, 4) is 11.1 Å². The maximum absolute atomic E-state index is 12.3. The molecule has 1 aliphatic heterocycles. The number of hydrogen-bond donors (Lipinski definition) is 1. The monoisotopic (exact) mass is 445 g/mol. The molecule has 2 aromatic carbocycles. The van der Waals surface area contributed by atoms with Gasteiger partial charge < -0.3 is 15.4 Å². The van der Waals surface area contributed by atoms with E-state index in [1.54, 1.807) is 23.2 Å². The summed E-state index contributed by atoms with van der Waals surface area (Å²) in [4.78, 5) is 18.2. The molecule has 2 unspecified atom stereocenters. The van der Waals surface area contributed by atoms with Gasteiger partial charge in [-0.25, -0.2) is 9.78 Å². The van der Waals surface area contributed by atoms with Gasteiger partial charge in [0.2, 0.25) is 0 Å². The molecule has 5 heteroatoms. The summed E-state index contributed by atoms with van der Waals surface area (Å²) in [5.74, 6) is 0.507. The van der Waals surface area contributed by atoms with Crippen molar-refractivity contribution in [1.29, 1.82) is 0 Å². The zero-order chi connectivity index (χ0) is 24.1. The number of rotatable bonds is 5. The van der Waals surface area contributed by atoms with Crippen molar-refractivity contribution >= 4 is 11.9 Å². The van der Waals surface area contributed by atoms with Crippen LogP contribution in [0.3, 0.4) is 0 Å². The first kappa shape index (κ1) is 25.7. The predicted octanol–water partition coefficient (Wildman–Crippen LogP) is 6.89. The molecule has 2 heterocycles. The smallest absolute Gasteiger partial charge is 0.410 e. The molecule has 0 bridgehead atoms. The Morgan fingerprint density at radius 2 is 1.64 bits per heavy atom. The molecule has 5 nitrogen and oxygen atoms in total. The lowest BCUT2D eigenvalue weighted by Gasteiger charge is -2.35. The predicted molar refractivity (Wildman–Crippen MR) is 137 cm³/mol. The van der Waals surface area contributed by atoms with Crippen LogP contribution in [0.15, 0.2) is 91.6 Å². The summed E-state index contributed by atoms with van der Waals surface area (Å²) in [6, 6.07) is 23.9. The average Bonchev–Trinajstić information content (AvgIpc) is 2.87. The number of nitrogens with two attached hydrogens (primary N) is 1. The normalized spacial score (nSPS) is 15.7. The second kappa shape index (κ2) is 13.7. The Morgan fingerprint density at radius 1 is 1.06 bits per heavy atom. The van der Waals surface area contributed by atoms with Gasteiger partial charge in [0.1, 0.15) is 11.9 Å². The molecule has 174 valence electrons. The van der Waals surface area contributed by atoms with Crippen molar-refractivity contribution in [2.75, 3.05) is 12.3 Å². The molecular weight excluding hydrogens is 410 g/mol. The van der Waals surface area contributed by atoms with Gasteiger partial charge in [-0.05, 0) is 30.2 Å². The van der Waals surface area contributed by atoms with Crippen LogP contribution in [-0.2, 0) is 4.74 Å². The number of benzene rings is 2. The van der Waals surface area contributed by atoms with E-state index in [1.165, 1.54) is 0 Å². The lowest BCUT2D eigenvalue weighted by molar-refractivity contribution is 0.0146. The maximum atomic E-state index is 12.3. The number of carbonyl (C=O) groups is 1. The highest BCUT2D eigenvalue weighted by atomic mass is 16.6. The van der Waals surface area contributed by atoms with E-state index in [9.17, 15) is 4.79 Å². The van der Waals surface area contributed by atoms with Gasteiger partial charge in [0, 0.05) is 31.1 Å². The second-order valence-corrected chi connectivity index (χ2v) is 7.44. The van der Waals surface area contributed by atoms with Crippen molar-refractivity contribution in [3.05, 3.63) is 97.2 Å². The minimum atomic E-state index is -0.252. The van der Waals surface area contributed by atoms with E-state index in [1.807, 2.05) is 87.5 Å². The van der Waals surface area contributed by atoms with E-state index in [-0.39, 0.29) is 18.2 Å². The van der Waals surface area contributed by atoms with Crippen molar-refractivity contribution in [2.45, 2.75) is 45.8 Å². The first-order chi connectivity index (χ1) is 16.1. The number of nitrogens with zero attached hydrogens (tertiary/aromatic N) is 2. The lowest BCUT2D eigenvalue weighted by atomic mass is 10.0. The van der Waals surface area contributed by atoms with Crippen LogP contribution < -0.4 is 5.73 Å². The van der Waals surface area contributed by atoms with Crippen molar-refractivity contribution < 1.29 is 9.53 Å². The lowest BCUT2D eigenvalue weighted by Crippen LogP contribution is -2.43. The number of pyridine rings is 1. The van der Waals surface area contributed by atoms with Gasteiger partial charge in [-0.3, -0.25) is 0 Å². The van der Waals surface area contributed by atoms with Crippen LogP contribution in [0.4, 0.5) is 10.6 Å². The third kappa shape index (κ3) is 7.79. The van der Waals surface area contributed by atoms with Crippen LogP contribution >= 0.6 is 0 Å². The average molecular weight is 446 g/mol. The Labute approximate surface area is 197 Å². The van der Waals surface area contributed by atoms with Crippen molar-refractivity contribution in [3.63, 3.8) is 0 Å². The number of cyclic esters (lactones) is 1. The Balaban J connectivity index is 0.000000411. The molecule has 2 N–H and O–H groups in total. The van der Waals surface area contributed by atoms with Crippen molar-refractivity contribution in [2.24, 2.45) is 0 Å². The summed E-state index contributed by atoms with van der Waals surface area (Å²) in [5.41, 5.74) is 8.78. The number of nitrogen functional groups attached to an aromatic ring is 1. The molecule has 3 aromatic rings. The SMILES string of the molecule is C=CCC1CCN(C(C)c2ccc(-c3ccc(N)nc3)cc2)C(=O)O1.CC.c1ccccc1. The quantitative estimate of drug-likeness (QED) is 0.434. The minimum absolute atomic E-state index is 0.0317. The Kier molecular flexibility index (Phi) is 10.7. The maximum Gasteiger partial charge on any atom is 0.410 e. The summed E-state index contributed by atoms with van der Waals surface area (Å²) >= 11 is 0. The number of anilines is 1. The number of amides is 1. The van der Waals surface area contributed by atoms with Gasteiger partial charge in [-0.2, -0.15) is 0 Å². The van der Waals surface area contributed by atoms with E-state index < -0.39 is 0 Å². The molecule has 1 aliphatic rings. The molecule has 1 saturated heterocycles. The van der Waals surface area contributed by atoms with Gasteiger partial charge in [0.25, 0.3) is 0 Å². The van der Waals surface area contributed by atoms with E-state index in [0.29, 0.717) is 18.8 Å². The summed E-state index contributed by atoms with van der Waals surface area (Å²) in [7, 11) is 0. The zero-order valence-corrected chi connectivity index (χ0v) is 19.9. The van der Waals surface area contributed by atoms with Crippen LogP contribution in [0.1, 0.15) is 45.2 Å². The van der Waals surface area contributed by atoms with Crippen LogP contribution in [0.25, 0.3) is 11.1 Å². The molecule has 1 fully saturated rings. The van der Waals surface area contributed by atoms with Gasteiger partial charge in [-0.1, -0.05) is 80.6 Å². The van der Waals surface area contributed by atoms with E-state index in [2.05, 4.69) is 11.6 Å². The molecule has 1 aromatic heterocycles. The standard InChI is InChI=1S/C20H23N3O2.C6H6.C2H6/c1-3-4-18-11-12-23(20(24)25-18)14(2)15-5-7-16(8-6-15)17-9-10-19(21)22-13-17;1-2-4-6-5-3-1;1-2/h3,5-10,13-14,18H,1,4,11-12H2,2H3,(H2,21,22);1-6H;1-2H3. The first-order valence-corrected chi connectivity index (χ1v) is 11.5. The molecule has 0 saturated carbocycles. The molecular formula is C28H35N3O2. The summed E-state index contributed by atoms with van der Waals surface area (Å²) < 4.78 is 5.48. The molecule has 2 atom stereocenters. The van der Waals surface area contributed by atoms with Crippen LogP contribution in [-0.4, -0.2) is 28.6 Å². The van der Waals surface area contributed by atoms with E-state index in [4.69, 9.17) is 10.5 Å². The molecule has 1 amide bonds. The van der Waals surface area contributed by atoms with Gasteiger partial charge >= 0.3 is 6.09 Å². The molecule has 0 aliphatic carbocycles. The Bertz CT molecular complexity index is 930. The van der Waals surface area contributed by atoms with Gasteiger partial charge in [-0.15, -0.1) is 6.58 Å². The van der Waals surface area contributed by atoms with E-state index in [0.717, 1.165) is 23.1 Å². The van der Waals surface area contributed by atoms with Gasteiger partial charge in [0.05, 0.1) is 6.04 Å². The number of hydrogen-bond acceptors (Lipinski definition) is 4. The highest BCUT2D eigenvalue weighted by molar-refractivity contribution is 5.69. The number of aromatic nitrogens is 1. The molecule has 4 rings (SSSR count). The second-order valence-electron chi connectivity index (χ2n) is 7.44. The largest absolute Gasteiger partial charge is 0.446 e. The number of carbonyl (C=O) groups excluding carboxylic acids is 1. The summed E-state index contributed by atoms with van der Waals surface area (Å²) in [6.45, 7) is 10.4. The molecule has 0 spiro atoms. The first-order valence-electron chi connectivity index (χ1n) is 11.5. The topological polar surface area (TPSA) is 68.5 Å². The van der Waals surface area contributed by atoms with E-state index >= 15 is 0 Å². The minimum Gasteiger partial charge on any atom is -0.446 e. The fraction of sp³-hybridized carbons (Fsp3) is 0.286. The molecule has 0 radical (unpaired) electrons. The Morgan fingerprint density at radius 3 is 2.12 bits per heavy atom. The zero-order valence-electron chi connectivity index (χ0n) is 19.9. The van der Waals surface area contributed by atoms with Gasteiger partial charge in [0.15, 0.2) is 0 Å². The number of ether oxygens (including phenoxy) is 1. The van der Waals surface area contributed by atoms with Crippen LogP contribution in [0.5, 0.6) is 0 Å². The van der Waals surface area contributed by atoms with Crippen LogP contribution in [0, 0.1) is 0 Å². The Hall–Kier alpha value is -3.60. The van der Waals surface area contributed by atoms with Crippen molar-refractivity contribution in [1.82, 2.24) is 9.88 Å². The highest BCUT2D eigenvalue weighted by Crippen LogP contribution is 2.28. The third-order valence-corrected chi connectivity index (χ3v) is 5.27. The van der Waals surface area contributed by atoms with Crippen LogP contribution in [0.2, 0.25) is 0 Å². The molecule has 33 heavy (non-hydrogen) atoms. The fourth-order valence-electron chi connectivity index (χ4n) is 3.44.